The van der Waals surface area contributed by atoms with E-state index in [1.807, 2.05) is 0 Å². The molecule has 1 fully saturated rings. The molecule has 3 amide bonds. The van der Waals surface area contributed by atoms with Gasteiger partial charge in [-0.2, -0.15) is 0 Å². The molecule has 1 aromatic rings. The number of benzene rings is 1. The van der Waals surface area contributed by atoms with Crippen LogP contribution >= 0.6 is 0 Å². The van der Waals surface area contributed by atoms with E-state index in [0.717, 1.165) is 4.90 Å². The monoisotopic (exact) mass is 308 g/mol. The van der Waals surface area contributed by atoms with Crippen molar-refractivity contribution in [2.24, 2.45) is 0 Å². The number of aliphatic hydroxyl groups excluding tert-OH is 1. The van der Waals surface area contributed by atoms with Crippen LogP contribution in [0.25, 0.3) is 0 Å². The van der Waals surface area contributed by atoms with Gasteiger partial charge >= 0.3 is 6.03 Å². The predicted octanol–water partition coefficient (Wildman–Crippen LogP) is 0.853. The Morgan fingerprint density at radius 1 is 1.27 bits per heavy atom. The zero-order valence-corrected chi connectivity index (χ0v) is 12.9. The SMILES string of the molecule is CCC1(c2cc(OC)ccc2OC)NC(=O)N(CCO)C1=O. The molecule has 2 N–H and O–H groups in total. The number of nitrogens with one attached hydrogen (secondary N) is 1. The summed E-state index contributed by atoms with van der Waals surface area (Å²) in [5, 5.41) is 11.8. The first-order valence-corrected chi connectivity index (χ1v) is 7.01. The fourth-order valence-electron chi connectivity index (χ4n) is 2.69. The van der Waals surface area contributed by atoms with E-state index >= 15 is 0 Å². The van der Waals surface area contributed by atoms with Crippen LogP contribution in [0, 0.1) is 0 Å². The van der Waals surface area contributed by atoms with E-state index in [9.17, 15) is 9.59 Å². The van der Waals surface area contributed by atoms with E-state index < -0.39 is 17.5 Å². The molecule has 7 nitrogen and oxygen atoms in total. The van der Waals surface area contributed by atoms with Crippen molar-refractivity contribution in [3.63, 3.8) is 0 Å². The summed E-state index contributed by atoms with van der Waals surface area (Å²) in [5.74, 6) is 0.647. The van der Waals surface area contributed by atoms with Crippen LogP contribution in [-0.4, -0.2) is 49.3 Å². The van der Waals surface area contributed by atoms with Gasteiger partial charge in [-0.3, -0.25) is 9.69 Å². The minimum Gasteiger partial charge on any atom is -0.497 e. The molecule has 0 bridgehead atoms. The Hall–Kier alpha value is -2.28. The third kappa shape index (κ3) is 2.37. The van der Waals surface area contributed by atoms with E-state index in [4.69, 9.17) is 14.6 Å². The fraction of sp³-hybridized carbons (Fsp3) is 0.467. The fourth-order valence-corrected chi connectivity index (χ4v) is 2.69. The first-order valence-electron chi connectivity index (χ1n) is 7.01. The molecule has 1 unspecified atom stereocenters. The lowest BCUT2D eigenvalue weighted by Gasteiger charge is -2.27. The highest BCUT2D eigenvalue weighted by molar-refractivity contribution is 6.07. The van der Waals surface area contributed by atoms with E-state index in [-0.39, 0.29) is 13.2 Å². The van der Waals surface area contributed by atoms with Crippen molar-refractivity contribution in [1.82, 2.24) is 10.2 Å². The summed E-state index contributed by atoms with van der Waals surface area (Å²) in [7, 11) is 3.03. The second-order valence-corrected chi connectivity index (χ2v) is 4.94. The quantitative estimate of drug-likeness (QED) is 0.761. The smallest absolute Gasteiger partial charge is 0.325 e. The van der Waals surface area contributed by atoms with Crippen molar-refractivity contribution in [3.8, 4) is 11.5 Å². The van der Waals surface area contributed by atoms with Crippen molar-refractivity contribution in [3.05, 3.63) is 23.8 Å². The van der Waals surface area contributed by atoms with Gasteiger partial charge in [-0.1, -0.05) is 6.92 Å². The van der Waals surface area contributed by atoms with Crippen LogP contribution in [0.3, 0.4) is 0 Å². The number of urea groups is 1. The normalized spacial score (nSPS) is 21.0. The average molecular weight is 308 g/mol. The molecule has 1 aliphatic rings. The summed E-state index contributed by atoms with van der Waals surface area (Å²) in [6.45, 7) is 1.48. The second-order valence-electron chi connectivity index (χ2n) is 4.94. The maximum Gasteiger partial charge on any atom is 0.325 e. The van der Waals surface area contributed by atoms with Crippen molar-refractivity contribution in [1.29, 1.82) is 0 Å². The van der Waals surface area contributed by atoms with Crippen molar-refractivity contribution in [2.45, 2.75) is 18.9 Å². The molecule has 0 saturated carbocycles. The van der Waals surface area contributed by atoms with Crippen LogP contribution in [0.2, 0.25) is 0 Å². The van der Waals surface area contributed by atoms with Crippen LogP contribution in [0.4, 0.5) is 4.79 Å². The van der Waals surface area contributed by atoms with Gasteiger partial charge in [-0.05, 0) is 24.6 Å². The van der Waals surface area contributed by atoms with E-state index in [2.05, 4.69) is 5.32 Å². The Kier molecular flexibility index (Phi) is 4.56. The Bertz CT molecular complexity index is 589. The Morgan fingerprint density at radius 3 is 2.55 bits per heavy atom. The van der Waals surface area contributed by atoms with Gasteiger partial charge < -0.3 is 19.9 Å². The van der Waals surface area contributed by atoms with Gasteiger partial charge in [0, 0.05) is 5.56 Å². The topological polar surface area (TPSA) is 88.1 Å². The summed E-state index contributed by atoms with van der Waals surface area (Å²) in [6, 6.07) is 4.58. The molecule has 1 aromatic carbocycles. The van der Waals surface area contributed by atoms with Gasteiger partial charge in [0.2, 0.25) is 0 Å². The second kappa shape index (κ2) is 6.23. The minimum absolute atomic E-state index is 0.0430. The molecular weight excluding hydrogens is 288 g/mol. The lowest BCUT2D eigenvalue weighted by molar-refractivity contribution is -0.132. The maximum atomic E-state index is 12.8. The number of imide groups is 1. The van der Waals surface area contributed by atoms with Crippen molar-refractivity contribution < 1.29 is 24.2 Å². The first kappa shape index (κ1) is 16.1. The zero-order chi connectivity index (χ0) is 16.3. The largest absolute Gasteiger partial charge is 0.497 e. The van der Waals surface area contributed by atoms with Gasteiger partial charge in [0.15, 0.2) is 0 Å². The Balaban J connectivity index is 2.56. The summed E-state index contributed by atoms with van der Waals surface area (Å²) in [6.07, 6.45) is 0.350. The standard InChI is InChI=1S/C15H20N2O5/c1-4-15(13(19)17(7-8-18)14(20)16-15)11-9-10(21-2)5-6-12(11)22-3/h5-6,9,18H,4,7-8H2,1-3H3,(H,16,20). The van der Waals surface area contributed by atoms with Crippen LogP contribution in [0.1, 0.15) is 18.9 Å². The van der Waals surface area contributed by atoms with E-state index in [1.165, 1.54) is 14.2 Å². The number of β-amino-alcohol motifs (C(OH)–C–C–N with tert-alkyl or cyclic N) is 1. The highest BCUT2D eigenvalue weighted by atomic mass is 16.5. The first-order chi connectivity index (χ1) is 10.5. The molecule has 120 valence electrons. The van der Waals surface area contributed by atoms with Gasteiger partial charge in [0.1, 0.15) is 17.0 Å². The molecule has 2 rings (SSSR count). The van der Waals surface area contributed by atoms with Gasteiger partial charge in [-0.15, -0.1) is 0 Å². The lowest BCUT2D eigenvalue weighted by atomic mass is 9.86. The number of aliphatic hydroxyl groups is 1. The molecule has 1 atom stereocenters. The zero-order valence-electron chi connectivity index (χ0n) is 12.9. The Labute approximate surface area is 128 Å². The van der Waals surface area contributed by atoms with Gasteiger partial charge in [0.05, 0.1) is 27.4 Å². The summed E-state index contributed by atoms with van der Waals surface area (Å²) in [5.41, 5.74) is -0.679. The number of carbonyl (C=O) groups is 2. The molecule has 7 heteroatoms. The highest BCUT2D eigenvalue weighted by Crippen LogP contribution is 2.39. The molecule has 1 heterocycles. The molecular formula is C15H20N2O5. The van der Waals surface area contributed by atoms with Crippen LogP contribution in [-0.2, 0) is 10.3 Å². The molecule has 22 heavy (non-hydrogen) atoms. The number of nitrogens with zero attached hydrogens (tertiary/aromatic N) is 1. The number of hydrogen-bond donors (Lipinski definition) is 2. The third-order valence-electron chi connectivity index (χ3n) is 3.90. The predicted molar refractivity (Wildman–Crippen MR) is 78.8 cm³/mol. The van der Waals surface area contributed by atoms with E-state index in [1.54, 1.807) is 25.1 Å². The third-order valence-corrected chi connectivity index (χ3v) is 3.90. The number of methoxy groups -OCH3 is 2. The number of rotatable bonds is 6. The van der Waals surface area contributed by atoms with Crippen LogP contribution in [0.5, 0.6) is 11.5 Å². The van der Waals surface area contributed by atoms with E-state index in [0.29, 0.717) is 23.5 Å². The van der Waals surface area contributed by atoms with Gasteiger partial charge in [0.25, 0.3) is 5.91 Å². The highest BCUT2D eigenvalue weighted by Gasteiger charge is 2.52. The average Bonchev–Trinajstić information content (AvgIpc) is 2.79. The number of ether oxygens (including phenoxy) is 2. The summed E-state index contributed by atoms with van der Waals surface area (Å²) >= 11 is 0. The Morgan fingerprint density at radius 2 is 2.00 bits per heavy atom. The minimum atomic E-state index is -1.22. The van der Waals surface area contributed by atoms with Crippen molar-refractivity contribution in [2.75, 3.05) is 27.4 Å². The lowest BCUT2D eigenvalue weighted by Crippen LogP contribution is -2.44. The van der Waals surface area contributed by atoms with Crippen LogP contribution < -0.4 is 14.8 Å². The molecule has 0 aromatic heterocycles. The van der Waals surface area contributed by atoms with Gasteiger partial charge in [-0.25, -0.2) is 4.79 Å². The summed E-state index contributed by atoms with van der Waals surface area (Å²) in [4.78, 5) is 25.9. The molecule has 1 saturated heterocycles. The van der Waals surface area contributed by atoms with Crippen molar-refractivity contribution >= 4 is 11.9 Å². The molecule has 0 radical (unpaired) electrons. The summed E-state index contributed by atoms with van der Waals surface area (Å²) < 4.78 is 10.5. The molecule has 0 spiro atoms. The van der Waals surface area contributed by atoms with Crippen LogP contribution in [0.15, 0.2) is 18.2 Å². The number of hydrogen-bond acceptors (Lipinski definition) is 5. The molecule has 0 aliphatic carbocycles. The maximum absolute atomic E-state index is 12.8. The number of carbonyl (C=O) groups excluding carboxylic acids is 2. The molecule has 1 aliphatic heterocycles. The number of amides is 3.